The third-order valence-electron chi connectivity index (χ3n) is 5.87. The van der Waals surface area contributed by atoms with Crippen LogP contribution < -0.4 is 11.1 Å². The molecular formula is C23H21ClFN5O3S. The SMILES string of the molecule is C[C@@]1(c2cc(NC(=O)c3ccc(Cl)cn3)ccc2F)CS(=O)(=O)[C@@](C)(c2ccccn2)C(N)=N1. The number of benzene rings is 1. The first-order chi connectivity index (χ1) is 16.0. The van der Waals surface area contributed by atoms with Crippen LogP contribution in [-0.2, 0) is 20.1 Å². The highest BCUT2D eigenvalue weighted by Crippen LogP contribution is 2.42. The molecule has 176 valence electrons. The zero-order valence-electron chi connectivity index (χ0n) is 18.3. The number of amidine groups is 1. The number of anilines is 1. The molecule has 4 rings (SSSR count). The first-order valence-electron chi connectivity index (χ1n) is 10.2. The summed E-state index contributed by atoms with van der Waals surface area (Å²) in [5.74, 6) is -1.93. The highest BCUT2D eigenvalue weighted by atomic mass is 35.5. The number of hydrogen-bond donors (Lipinski definition) is 2. The maximum absolute atomic E-state index is 14.9. The zero-order chi connectivity index (χ0) is 24.7. The molecule has 0 aliphatic carbocycles. The number of carbonyl (C=O) groups is 1. The fraction of sp³-hybridized carbons (Fsp3) is 0.217. The van der Waals surface area contributed by atoms with E-state index in [1.54, 1.807) is 18.2 Å². The minimum Gasteiger partial charge on any atom is -0.386 e. The largest absolute Gasteiger partial charge is 0.386 e. The number of halogens is 2. The number of hydrogen-bond acceptors (Lipinski definition) is 7. The maximum Gasteiger partial charge on any atom is 0.274 e. The number of amides is 1. The van der Waals surface area contributed by atoms with Gasteiger partial charge in [-0.15, -0.1) is 0 Å². The Morgan fingerprint density at radius 2 is 1.91 bits per heavy atom. The van der Waals surface area contributed by atoms with Gasteiger partial charge in [-0.2, -0.15) is 0 Å². The van der Waals surface area contributed by atoms with Crippen LogP contribution in [0.5, 0.6) is 0 Å². The van der Waals surface area contributed by atoms with Crippen molar-refractivity contribution in [1.29, 1.82) is 0 Å². The van der Waals surface area contributed by atoms with Crippen LogP contribution >= 0.6 is 11.6 Å². The van der Waals surface area contributed by atoms with Crippen molar-refractivity contribution >= 4 is 38.9 Å². The summed E-state index contributed by atoms with van der Waals surface area (Å²) in [6, 6.07) is 11.7. The van der Waals surface area contributed by atoms with Crippen LogP contribution in [-0.4, -0.2) is 35.9 Å². The fourth-order valence-corrected chi connectivity index (χ4v) is 6.04. The average molecular weight is 502 g/mol. The first-order valence-corrected chi connectivity index (χ1v) is 12.2. The smallest absolute Gasteiger partial charge is 0.274 e. The van der Waals surface area contributed by atoms with E-state index >= 15 is 0 Å². The minimum atomic E-state index is -3.98. The summed E-state index contributed by atoms with van der Waals surface area (Å²) in [7, 11) is -3.98. The predicted molar refractivity (Wildman–Crippen MR) is 128 cm³/mol. The summed E-state index contributed by atoms with van der Waals surface area (Å²) in [6.45, 7) is 2.93. The quantitative estimate of drug-likeness (QED) is 0.563. The van der Waals surface area contributed by atoms with Gasteiger partial charge in [0.15, 0.2) is 14.6 Å². The van der Waals surface area contributed by atoms with Crippen molar-refractivity contribution in [2.24, 2.45) is 10.7 Å². The van der Waals surface area contributed by atoms with Crippen molar-refractivity contribution in [3.05, 3.63) is 88.7 Å². The molecule has 2 aromatic heterocycles. The van der Waals surface area contributed by atoms with Gasteiger partial charge in [-0.25, -0.2) is 17.8 Å². The second-order valence-corrected chi connectivity index (χ2v) is 11.1. The van der Waals surface area contributed by atoms with Crippen molar-refractivity contribution in [3.63, 3.8) is 0 Å². The van der Waals surface area contributed by atoms with Gasteiger partial charge in [0.1, 0.15) is 22.9 Å². The summed E-state index contributed by atoms with van der Waals surface area (Å²) in [4.78, 5) is 25.1. The number of nitrogens with two attached hydrogens (primary N) is 1. The molecule has 3 aromatic rings. The lowest BCUT2D eigenvalue weighted by Crippen LogP contribution is -2.55. The van der Waals surface area contributed by atoms with Gasteiger partial charge in [-0.05, 0) is 56.3 Å². The summed E-state index contributed by atoms with van der Waals surface area (Å²) in [5.41, 5.74) is 5.24. The van der Waals surface area contributed by atoms with E-state index in [1.807, 2.05) is 0 Å². The highest BCUT2D eigenvalue weighted by molar-refractivity contribution is 7.93. The molecular weight excluding hydrogens is 481 g/mol. The van der Waals surface area contributed by atoms with Crippen molar-refractivity contribution in [2.45, 2.75) is 24.1 Å². The van der Waals surface area contributed by atoms with Crippen LogP contribution in [0.3, 0.4) is 0 Å². The second kappa shape index (κ2) is 8.44. The lowest BCUT2D eigenvalue weighted by molar-refractivity contribution is 0.102. The van der Waals surface area contributed by atoms with Crippen molar-refractivity contribution in [2.75, 3.05) is 11.1 Å². The molecule has 1 aliphatic heterocycles. The van der Waals surface area contributed by atoms with Crippen LogP contribution in [0.4, 0.5) is 10.1 Å². The lowest BCUT2D eigenvalue weighted by atomic mass is 9.92. The molecule has 3 N–H and O–H groups in total. The molecule has 1 amide bonds. The van der Waals surface area contributed by atoms with Crippen molar-refractivity contribution < 1.29 is 17.6 Å². The number of pyridine rings is 2. The van der Waals surface area contributed by atoms with Crippen LogP contribution in [0.1, 0.15) is 35.6 Å². The Balaban J connectivity index is 1.73. The normalized spacial score (nSPS) is 23.7. The molecule has 0 radical (unpaired) electrons. The molecule has 0 bridgehead atoms. The van der Waals surface area contributed by atoms with Crippen LogP contribution in [0.25, 0.3) is 0 Å². The fourth-order valence-electron chi connectivity index (χ4n) is 3.87. The number of nitrogens with zero attached hydrogens (tertiary/aromatic N) is 3. The molecule has 0 saturated carbocycles. The molecule has 0 fully saturated rings. The van der Waals surface area contributed by atoms with E-state index in [1.165, 1.54) is 50.5 Å². The molecule has 11 heteroatoms. The van der Waals surface area contributed by atoms with E-state index in [0.717, 1.165) is 6.07 Å². The Kier molecular flexibility index (Phi) is 5.91. The van der Waals surface area contributed by atoms with Crippen LogP contribution in [0, 0.1) is 5.82 Å². The third kappa shape index (κ3) is 4.03. The van der Waals surface area contributed by atoms with Crippen LogP contribution in [0.15, 0.2) is 65.9 Å². The molecule has 0 saturated heterocycles. The Bertz CT molecular complexity index is 1400. The molecule has 0 spiro atoms. The van der Waals surface area contributed by atoms with E-state index in [0.29, 0.717) is 5.02 Å². The standard InChI is InChI=1S/C23H21ClFN5O3S/c1-22(13-34(32,33)23(2,21(26)30-22)19-5-3-4-10-27-19)16-11-15(7-8-17(16)25)29-20(31)18-9-6-14(24)12-28-18/h3-12H,13H2,1-2H3,(H2,26,30)(H,29,31)/t22-,23-/m0/s1. The number of nitrogens with one attached hydrogen (secondary N) is 1. The predicted octanol–water partition coefficient (Wildman–Crippen LogP) is 3.44. The molecule has 2 atom stereocenters. The molecule has 34 heavy (non-hydrogen) atoms. The molecule has 1 aromatic carbocycles. The number of aromatic nitrogens is 2. The Hall–Kier alpha value is -3.37. The third-order valence-corrected chi connectivity index (χ3v) is 8.70. The van der Waals surface area contributed by atoms with E-state index in [2.05, 4.69) is 20.3 Å². The van der Waals surface area contributed by atoms with Gasteiger partial charge >= 0.3 is 0 Å². The Morgan fingerprint density at radius 1 is 1.15 bits per heavy atom. The minimum absolute atomic E-state index is 0.0241. The van der Waals surface area contributed by atoms with Gasteiger partial charge < -0.3 is 11.1 Å². The number of aliphatic imine (C=N–C) groups is 1. The lowest BCUT2D eigenvalue weighted by Gasteiger charge is -2.39. The van der Waals surface area contributed by atoms with Crippen LogP contribution in [0.2, 0.25) is 5.02 Å². The van der Waals surface area contributed by atoms with E-state index in [4.69, 9.17) is 17.3 Å². The number of rotatable bonds is 4. The summed E-state index contributed by atoms with van der Waals surface area (Å²) in [5, 5.41) is 3.00. The van der Waals surface area contributed by atoms with Gasteiger partial charge in [-0.3, -0.25) is 14.8 Å². The Morgan fingerprint density at radius 3 is 2.53 bits per heavy atom. The molecule has 1 aliphatic rings. The second-order valence-electron chi connectivity index (χ2n) is 8.29. The van der Waals surface area contributed by atoms with Gasteiger partial charge in [0.05, 0.1) is 16.5 Å². The summed E-state index contributed by atoms with van der Waals surface area (Å²) < 4.78 is 40.2. The van der Waals surface area contributed by atoms with Crippen molar-refractivity contribution in [3.8, 4) is 0 Å². The monoisotopic (exact) mass is 501 g/mol. The van der Waals surface area contributed by atoms with Gasteiger partial charge in [0.25, 0.3) is 5.91 Å². The Labute approximate surface area is 201 Å². The summed E-state index contributed by atoms with van der Waals surface area (Å²) in [6.07, 6.45) is 2.80. The number of carbonyl (C=O) groups excluding carboxylic acids is 1. The van der Waals surface area contributed by atoms with Gasteiger partial charge in [-0.1, -0.05) is 17.7 Å². The zero-order valence-corrected chi connectivity index (χ0v) is 19.9. The highest BCUT2D eigenvalue weighted by Gasteiger charge is 2.54. The van der Waals surface area contributed by atoms with Gasteiger partial charge in [0.2, 0.25) is 0 Å². The molecule has 0 unspecified atom stereocenters. The molecule has 8 nitrogen and oxygen atoms in total. The topological polar surface area (TPSA) is 127 Å². The van der Waals surface area contributed by atoms with E-state index < -0.39 is 37.6 Å². The maximum atomic E-state index is 14.9. The van der Waals surface area contributed by atoms with E-state index in [-0.39, 0.29) is 28.5 Å². The van der Waals surface area contributed by atoms with Crippen molar-refractivity contribution in [1.82, 2.24) is 9.97 Å². The van der Waals surface area contributed by atoms with E-state index in [9.17, 15) is 17.6 Å². The number of sulfone groups is 1. The first kappa shape index (κ1) is 23.8. The average Bonchev–Trinajstić information content (AvgIpc) is 2.79. The van der Waals surface area contributed by atoms with Gasteiger partial charge in [0, 0.05) is 23.6 Å². The summed E-state index contributed by atoms with van der Waals surface area (Å²) >= 11 is 5.80. The molecule has 3 heterocycles.